The molecule has 0 amide bonds. The maximum absolute atomic E-state index is 9.63. The number of nitrogens with one attached hydrogen (secondary N) is 2. The summed E-state index contributed by atoms with van der Waals surface area (Å²) in [5, 5.41) is 16.1. The fourth-order valence-electron chi connectivity index (χ4n) is 2.98. The van der Waals surface area contributed by atoms with Crippen molar-refractivity contribution in [3.8, 4) is 11.5 Å². The van der Waals surface area contributed by atoms with E-state index in [0.29, 0.717) is 29.8 Å². The predicted molar refractivity (Wildman–Crippen MR) is 117 cm³/mol. The van der Waals surface area contributed by atoms with Crippen molar-refractivity contribution in [3.05, 3.63) is 35.5 Å². The largest absolute Gasteiger partial charge is 0.497 e. The molecule has 3 N–H and O–H groups in total. The number of aliphatic hydroxyl groups is 1. The van der Waals surface area contributed by atoms with Crippen molar-refractivity contribution >= 4 is 17.5 Å². The van der Waals surface area contributed by atoms with Crippen LogP contribution in [0.15, 0.2) is 44.9 Å². The molecule has 1 aliphatic heterocycles. The number of rotatable bonds is 8. The highest BCUT2D eigenvalue weighted by molar-refractivity contribution is 6.51. The summed E-state index contributed by atoms with van der Waals surface area (Å²) in [5.74, 6) is 2.61. The molecule has 1 aromatic carbocycles. The van der Waals surface area contributed by atoms with E-state index in [4.69, 9.17) is 9.47 Å². The van der Waals surface area contributed by atoms with Gasteiger partial charge in [-0.1, -0.05) is 19.4 Å². The highest BCUT2D eigenvalue weighted by Crippen LogP contribution is 2.25. The molecular weight excluding hydrogens is 370 g/mol. The van der Waals surface area contributed by atoms with Gasteiger partial charge in [-0.25, -0.2) is 4.99 Å². The number of hydrogen-bond donors (Lipinski definition) is 3. The van der Waals surface area contributed by atoms with Crippen molar-refractivity contribution in [3.63, 3.8) is 0 Å². The van der Waals surface area contributed by atoms with Gasteiger partial charge in [0.15, 0.2) is 5.84 Å². The van der Waals surface area contributed by atoms with E-state index < -0.39 is 0 Å². The fourth-order valence-corrected chi connectivity index (χ4v) is 2.98. The standard InChI is InChI=1S/C21H31N5O3/c1-6-8-15(13-27)24-20-19(22-3)17(7-2)25-21(26-20)23-12-14-9-10-16(28-4)11-18(14)29-5/h7,9-11,15,27H,6,8,12-13H2,1-5H3,(H2,23,24,25,26)/b17-7-,22-19?/t15-/m0/s1. The zero-order valence-corrected chi connectivity index (χ0v) is 17.8. The quantitative estimate of drug-likeness (QED) is 0.621. The van der Waals surface area contributed by atoms with E-state index >= 15 is 0 Å². The Kier molecular flexibility index (Phi) is 8.67. The minimum Gasteiger partial charge on any atom is -0.497 e. The van der Waals surface area contributed by atoms with Crippen LogP contribution in [0.3, 0.4) is 0 Å². The molecule has 158 valence electrons. The molecule has 8 heteroatoms. The molecule has 1 aliphatic rings. The summed E-state index contributed by atoms with van der Waals surface area (Å²) in [5.41, 5.74) is 2.46. The van der Waals surface area contributed by atoms with E-state index in [1.54, 1.807) is 21.3 Å². The number of hydrogen-bond acceptors (Lipinski definition) is 6. The van der Waals surface area contributed by atoms with Crippen molar-refractivity contribution in [2.45, 2.75) is 39.3 Å². The lowest BCUT2D eigenvalue weighted by atomic mass is 10.1. The Morgan fingerprint density at radius 3 is 2.59 bits per heavy atom. The van der Waals surface area contributed by atoms with Gasteiger partial charge in [0.2, 0.25) is 5.96 Å². The molecule has 0 spiro atoms. The molecule has 1 heterocycles. The highest BCUT2D eigenvalue weighted by atomic mass is 16.5. The Labute approximate surface area is 172 Å². The summed E-state index contributed by atoms with van der Waals surface area (Å²) in [6.45, 7) is 4.39. The van der Waals surface area contributed by atoms with Gasteiger partial charge in [0.25, 0.3) is 0 Å². The SMILES string of the molecule is C/C=C1\NC(=NCc2ccc(OC)cc2OC)NC(=N[C@H](CO)CCC)C1=NC. The lowest BCUT2D eigenvalue weighted by Gasteiger charge is -2.25. The van der Waals surface area contributed by atoms with Gasteiger partial charge >= 0.3 is 0 Å². The Morgan fingerprint density at radius 2 is 2.00 bits per heavy atom. The third-order valence-corrected chi connectivity index (χ3v) is 4.53. The average Bonchev–Trinajstić information content (AvgIpc) is 2.76. The molecule has 1 fully saturated rings. The van der Waals surface area contributed by atoms with E-state index in [2.05, 4.69) is 32.5 Å². The van der Waals surface area contributed by atoms with Gasteiger partial charge in [0.05, 0.1) is 39.1 Å². The number of benzene rings is 1. The number of aliphatic hydroxyl groups excluding tert-OH is 1. The van der Waals surface area contributed by atoms with Gasteiger partial charge < -0.3 is 25.2 Å². The van der Waals surface area contributed by atoms with Gasteiger partial charge in [-0.3, -0.25) is 9.98 Å². The molecule has 29 heavy (non-hydrogen) atoms. The van der Waals surface area contributed by atoms with Crippen molar-refractivity contribution in [1.29, 1.82) is 0 Å². The molecule has 0 unspecified atom stereocenters. The summed E-state index contributed by atoms with van der Waals surface area (Å²) in [6, 6.07) is 5.46. The predicted octanol–water partition coefficient (Wildman–Crippen LogP) is 2.29. The zero-order valence-electron chi connectivity index (χ0n) is 17.8. The van der Waals surface area contributed by atoms with Crippen LogP contribution in [-0.4, -0.2) is 56.5 Å². The topological polar surface area (TPSA) is 99.8 Å². The first-order valence-corrected chi connectivity index (χ1v) is 9.71. The second kappa shape index (κ2) is 11.2. The van der Waals surface area contributed by atoms with Gasteiger partial charge in [0, 0.05) is 18.7 Å². The monoisotopic (exact) mass is 401 g/mol. The Balaban J connectivity index is 2.30. The van der Waals surface area contributed by atoms with Crippen molar-refractivity contribution in [2.75, 3.05) is 27.9 Å². The lowest BCUT2D eigenvalue weighted by Crippen LogP contribution is -2.52. The third-order valence-electron chi connectivity index (χ3n) is 4.53. The molecule has 0 aliphatic carbocycles. The molecular formula is C21H31N5O3. The Bertz CT molecular complexity index is 815. The van der Waals surface area contributed by atoms with Crippen molar-refractivity contribution in [2.24, 2.45) is 15.0 Å². The third kappa shape index (κ3) is 5.80. The number of ether oxygens (including phenoxy) is 2. The van der Waals surface area contributed by atoms with E-state index in [-0.39, 0.29) is 12.6 Å². The number of aliphatic imine (C=N–C) groups is 3. The molecule has 1 aromatic rings. The van der Waals surface area contributed by atoms with Gasteiger partial charge in [-0.2, -0.15) is 0 Å². The van der Waals surface area contributed by atoms with Crippen LogP contribution in [0, 0.1) is 0 Å². The first-order chi connectivity index (χ1) is 14.1. The minimum atomic E-state index is -0.182. The van der Waals surface area contributed by atoms with Crippen molar-refractivity contribution < 1.29 is 14.6 Å². The maximum Gasteiger partial charge on any atom is 0.201 e. The van der Waals surface area contributed by atoms with Crippen LogP contribution in [0.1, 0.15) is 32.3 Å². The number of allylic oxidation sites excluding steroid dienone is 1. The Hall–Kier alpha value is -2.87. The van der Waals surface area contributed by atoms with Crippen LogP contribution >= 0.6 is 0 Å². The summed E-state index contributed by atoms with van der Waals surface area (Å²) in [7, 11) is 4.96. The van der Waals surface area contributed by atoms with Gasteiger partial charge in [0.1, 0.15) is 17.2 Å². The van der Waals surface area contributed by atoms with E-state index in [9.17, 15) is 5.11 Å². The molecule has 0 bridgehead atoms. The second-order valence-electron chi connectivity index (χ2n) is 6.47. The zero-order chi connectivity index (χ0) is 21.2. The van der Waals surface area contributed by atoms with E-state index in [1.165, 1.54) is 0 Å². The molecule has 1 atom stereocenters. The molecule has 1 saturated heterocycles. The summed E-state index contributed by atoms with van der Waals surface area (Å²) in [6.07, 6.45) is 3.66. The van der Waals surface area contributed by atoms with Crippen molar-refractivity contribution in [1.82, 2.24) is 10.6 Å². The van der Waals surface area contributed by atoms with Crippen LogP contribution in [0.25, 0.3) is 0 Å². The normalized spacial score (nSPS) is 20.6. The second-order valence-corrected chi connectivity index (χ2v) is 6.47. The number of amidine groups is 1. The van der Waals surface area contributed by atoms with Gasteiger partial charge in [-0.15, -0.1) is 0 Å². The first kappa shape index (κ1) is 22.4. The summed E-state index contributed by atoms with van der Waals surface area (Å²) < 4.78 is 10.7. The molecule has 0 saturated carbocycles. The molecule has 2 rings (SSSR count). The first-order valence-electron chi connectivity index (χ1n) is 9.71. The van der Waals surface area contributed by atoms with E-state index in [1.807, 2.05) is 31.2 Å². The fraction of sp³-hybridized carbons (Fsp3) is 0.476. The smallest absolute Gasteiger partial charge is 0.201 e. The van der Waals surface area contributed by atoms with Crippen LogP contribution in [0.4, 0.5) is 0 Å². The average molecular weight is 402 g/mol. The maximum atomic E-state index is 9.63. The number of methoxy groups -OCH3 is 2. The molecule has 0 aromatic heterocycles. The number of guanidine groups is 1. The Morgan fingerprint density at radius 1 is 1.21 bits per heavy atom. The van der Waals surface area contributed by atoms with Crippen LogP contribution in [0.2, 0.25) is 0 Å². The van der Waals surface area contributed by atoms with E-state index in [0.717, 1.165) is 29.9 Å². The van der Waals surface area contributed by atoms with Crippen LogP contribution in [0.5, 0.6) is 11.5 Å². The minimum absolute atomic E-state index is 0.00978. The van der Waals surface area contributed by atoms with Crippen LogP contribution < -0.4 is 20.1 Å². The van der Waals surface area contributed by atoms with Crippen LogP contribution in [-0.2, 0) is 6.54 Å². The summed E-state index contributed by atoms with van der Waals surface area (Å²) in [4.78, 5) is 13.7. The molecule has 0 radical (unpaired) electrons. The molecule has 8 nitrogen and oxygen atoms in total. The highest BCUT2D eigenvalue weighted by Gasteiger charge is 2.23. The van der Waals surface area contributed by atoms with Gasteiger partial charge in [-0.05, 0) is 25.5 Å². The number of nitrogens with zero attached hydrogens (tertiary/aromatic N) is 3. The lowest BCUT2D eigenvalue weighted by molar-refractivity contribution is 0.260. The summed E-state index contributed by atoms with van der Waals surface area (Å²) >= 11 is 0.